The first kappa shape index (κ1) is 24.1. The predicted octanol–water partition coefficient (Wildman–Crippen LogP) is 6.03. The van der Waals surface area contributed by atoms with E-state index in [1.165, 1.54) is 18.2 Å². The summed E-state index contributed by atoms with van der Waals surface area (Å²) in [5.74, 6) is -0.579. The fraction of sp³-hybridized carbons (Fsp3) is 0.250. The molecule has 1 amide bonds. The highest BCUT2D eigenvalue weighted by Crippen LogP contribution is 2.37. The van der Waals surface area contributed by atoms with Gasteiger partial charge in [-0.05, 0) is 40.8 Å². The monoisotopic (exact) mass is 473 g/mol. The van der Waals surface area contributed by atoms with Crippen LogP contribution in [0.2, 0.25) is 0 Å². The van der Waals surface area contributed by atoms with Crippen molar-refractivity contribution in [1.29, 1.82) is 0 Å². The fourth-order valence-corrected chi connectivity index (χ4v) is 4.29. The highest BCUT2D eigenvalue weighted by Gasteiger charge is 2.24. The molecule has 1 atom stereocenters. The van der Waals surface area contributed by atoms with Crippen LogP contribution in [0.15, 0.2) is 79.0 Å². The number of carbonyl (C=O) groups is 1. The number of rotatable bonds is 9. The molecule has 0 saturated heterocycles. The normalized spacial score (nSPS) is 12.1. The molecule has 4 aromatic rings. The SMILES string of the molecule is CC(C)CNC(=O)C[C@H](c1ccc(F)cc1)c1cn(Cc2ccccc2)c2ccc([N+](=O)[O-])cc12. The molecule has 0 saturated carbocycles. The summed E-state index contributed by atoms with van der Waals surface area (Å²) in [5.41, 5.74) is 3.48. The summed E-state index contributed by atoms with van der Waals surface area (Å²) < 4.78 is 15.8. The molecule has 4 rings (SSSR count). The lowest BCUT2D eigenvalue weighted by Crippen LogP contribution is -2.28. The second-order valence-electron chi connectivity index (χ2n) is 9.16. The Hall–Kier alpha value is -4.00. The van der Waals surface area contributed by atoms with Crippen molar-refractivity contribution in [2.75, 3.05) is 6.54 Å². The Balaban J connectivity index is 1.83. The van der Waals surface area contributed by atoms with Crippen LogP contribution >= 0.6 is 0 Å². The number of carbonyl (C=O) groups excluding carboxylic acids is 1. The van der Waals surface area contributed by atoms with Crippen LogP contribution in [0.25, 0.3) is 10.9 Å². The van der Waals surface area contributed by atoms with Gasteiger partial charge in [-0.15, -0.1) is 0 Å². The zero-order valence-electron chi connectivity index (χ0n) is 19.8. The number of aromatic nitrogens is 1. The number of nitro benzene ring substituents is 1. The van der Waals surface area contributed by atoms with E-state index in [9.17, 15) is 19.3 Å². The minimum Gasteiger partial charge on any atom is -0.356 e. The molecule has 180 valence electrons. The maximum atomic E-state index is 13.7. The van der Waals surface area contributed by atoms with E-state index in [0.717, 1.165) is 22.2 Å². The van der Waals surface area contributed by atoms with E-state index in [4.69, 9.17) is 0 Å². The molecule has 1 aromatic heterocycles. The highest BCUT2D eigenvalue weighted by atomic mass is 19.1. The average molecular weight is 474 g/mol. The first-order chi connectivity index (χ1) is 16.8. The van der Waals surface area contributed by atoms with Crippen molar-refractivity contribution in [3.8, 4) is 0 Å². The smallest absolute Gasteiger partial charge is 0.270 e. The Kier molecular flexibility index (Phi) is 7.25. The maximum absolute atomic E-state index is 13.7. The molecule has 35 heavy (non-hydrogen) atoms. The molecule has 1 heterocycles. The summed E-state index contributed by atoms with van der Waals surface area (Å²) in [6.45, 7) is 5.17. The minimum absolute atomic E-state index is 0.0154. The summed E-state index contributed by atoms with van der Waals surface area (Å²) >= 11 is 0. The van der Waals surface area contributed by atoms with Crippen molar-refractivity contribution in [2.24, 2.45) is 5.92 Å². The van der Waals surface area contributed by atoms with E-state index in [1.807, 2.05) is 54.9 Å². The molecule has 3 aromatic carbocycles. The van der Waals surface area contributed by atoms with Crippen molar-refractivity contribution in [1.82, 2.24) is 9.88 Å². The summed E-state index contributed by atoms with van der Waals surface area (Å²) in [5, 5.41) is 15.2. The lowest BCUT2D eigenvalue weighted by atomic mass is 9.88. The number of amides is 1. The topological polar surface area (TPSA) is 77.2 Å². The highest BCUT2D eigenvalue weighted by molar-refractivity contribution is 5.88. The zero-order valence-corrected chi connectivity index (χ0v) is 19.8. The second-order valence-corrected chi connectivity index (χ2v) is 9.16. The van der Waals surface area contributed by atoms with Gasteiger partial charge in [0.05, 0.1) is 4.92 Å². The standard InChI is InChI=1S/C28H28FN3O3/c1-19(2)16-30-28(33)15-24(21-8-10-22(29)11-9-21)26-18-31(17-20-6-4-3-5-7-20)27-13-12-23(32(34)35)14-25(26)27/h3-14,18-19,24H,15-17H2,1-2H3,(H,30,33)/t24-/m1/s1. The van der Waals surface area contributed by atoms with Crippen molar-refractivity contribution in [3.05, 3.63) is 112 Å². The second kappa shape index (κ2) is 10.5. The number of hydrogen-bond acceptors (Lipinski definition) is 3. The van der Waals surface area contributed by atoms with E-state index in [-0.39, 0.29) is 23.8 Å². The number of nitrogens with zero attached hydrogens (tertiary/aromatic N) is 2. The van der Waals surface area contributed by atoms with Crippen molar-refractivity contribution >= 4 is 22.5 Å². The molecule has 0 aliphatic carbocycles. The van der Waals surface area contributed by atoms with Crippen LogP contribution in [0.3, 0.4) is 0 Å². The molecule has 1 N–H and O–H groups in total. The van der Waals surface area contributed by atoms with Gasteiger partial charge < -0.3 is 9.88 Å². The van der Waals surface area contributed by atoms with Crippen LogP contribution in [0, 0.1) is 21.8 Å². The zero-order chi connectivity index (χ0) is 24.9. The summed E-state index contributed by atoms with van der Waals surface area (Å²) in [6, 6.07) is 20.8. The predicted molar refractivity (Wildman–Crippen MR) is 135 cm³/mol. The fourth-order valence-electron chi connectivity index (χ4n) is 4.29. The number of hydrogen-bond donors (Lipinski definition) is 1. The number of nitrogens with one attached hydrogen (secondary N) is 1. The van der Waals surface area contributed by atoms with Crippen molar-refractivity contribution < 1.29 is 14.1 Å². The van der Waals surface area contributed by atoms with Crippen molar-refractivity contribution in [3.63, 3.8) is 0 Å². The van der Waals surface area contributed by atoms with Gasteiger partial charge in [-0.25, -0.2) is 4.39 Å². The molecule has 0 fully saturated rings. The summed E-state index contributed by atoms with van der Waals surface area (Å²) in [4.78, 5) is 24.0. The first-order valence-corrected chi connectivity index (χ1v) is 11.6. The van der Waals surface area contributed by atoms with Crippen LogP contribution in [-0.4, -0.2) is 21.9 Å². The third kappa shape index (κ3) is 5.74. The molecular weight excluding hydrogens is 445 g/mol. The Morgan fingerprint density at radius 3 is 2.43 bits per heavy atom. The van der Waals surface area contributed by atoms with Gasteiger partial charge in [-0.1, -0.05) is 56.3 Å². The molecular formula is C28H28FN3O3. The quantitative estimate of drug-likeness (QED) is 0.238. The molecule has 0 spiro atoms. The molecule has 0 unspecified atom stereocenters. The molecule has 0 radical (unpaired) electrons. The Morgan fingerprint density at radius 2 is 1.77 bits per heavy atom. The maximum Gasteiger partial charge on any atom is 0.270 e. The average Bonchev–Trinajstić information content (AvgIpc) is 3.19. The van der Waals surface area contributed by atoms with Gasteiger partial charge in [0.2, 0.25) is 5.91 Å². The van der Waals surface area contributed by atoms with Crippen LogP contribution in [0.4, 0.5) is 10.1 Å². The Bertz CT molecular complexity index is 1330. The van der Waals surface area contributed by atoms with E-state index < -0.39 is 10.8 Å². The third-order valence-electron chi connectivity index (χ3n) is 6.05. The van der Waals surface area contributed by atoms with Crippen LogP contribution in [-0.2, 0) is 11.3 Å². The van der Waals surface area contributed by atoms with Crippen LogP contribution in [0.1, 0.15) is 42.9 Å². The molecule has 7 heteroatoms. The number of nitro groups is 1. The summed E-state index contributed by atoms with van der Waals surface area (Å²) in [7, 11) is 0. The van der Waals surface area contributed by atoms with Gasteiger partial charge >= 0.3 is 0 Å². The first-order valence-electron chi connectivity index (χ1n) is 11.6. The molecule has 0 bridgehead atoms. The Labute approximate surface area is 203 Å². The summed E-state index contributed by atoms with van der Waals surface area (Å²) in [6.07, 6.45) is 2.11. The van der Waals surface area contributed by atoms with E-state index >= 15 is 0 Å². The Morgan fingerprint density at radius 1 is 1.06 bits per heavy atom. The minimum atomic E-state index is -0.417. The van der Waals surface area contributed by atoms with E-state index in [0.29, 0.717) is 24.4 Å². The van der Waals surface area contributed by atoms with Gasteiger partial charge in [-0.2, -0.15) is 0 Å². The van der Waals surface area contributed by atoms with Crippen molar-refractivity contribution in [2.45, 2.75) is 32.7 Å². The van der Waals surface area contributed by atoms with E-state index in [2.05, 4.69) is 5.32 Å². The molecule has 0 aliphatic rings. The number of benzene rings is 3. The largest absolute Gasteiger partial charge is 0.356 e. The van der Waals surface area contributed by atoms with Gasteiger partial charge in [0.15, 0.2) is 0 Å². The number of fused-ring (bicyclic) bond motifs is 1. The number of non-ortho nitro benzene ring substituents is 1. The number of halogens is 1. The van der Waals surface area contributed by atoms with Crippen LogP contribution < -0.4 is 5.32 Å². The van der Waals surface area contributed by atoms with Gasteiger partial charge in [0.1, 0.15) is 5.82 Å². The van der Waals surface area contributed by atoms with E-state index in [1.54, 1.807) is 24.3 Å². The van der Waals surface area contributed by atoms with Crippen LogP contribution in [0.5, 0.6) is 0 Å². The van der Waals surface area contributed by atoms with Gasteiger partial charge in [-0.3, -0.25) is 14.9 Å². The lowest BCUT2D eigenvalue weighted by Gasteiger charge is -2.18. The lowest BCUT2D eigenvalue weighted by molar-refractivity contribution is -0.384. The van der Waals surface area contributed by atoms with Gasteiger partial charge in [0.25, 0.3) is 5.69 Å². The molecule has 6 nitrogen and oxygen atoms in total. The molecule has 0 aliphatic heterocycles. The van der Waals surface area contributed by atoms with Gasteiger partial charge in [0, 0.05) is 54.7 Å². The third-order valence-corrected chi connectivity index (χ3v) is 6.05.